The molecule has 0 aromatic carbocycles. The highest BCUT2D eigenvalue weighted by Gasteiger charge is 2.36. The lowest BCUT2D eigenvalue weighted by atomic mass is 10.0. The van der Waals surface area contributed by atoms with Crippen LogP contribution in [0.4, 0.5) is 0 Å². The summed E-state index contributed by atoms with van der Waals surface area (Å²) in [5.41, 5.74) is 3.08. The van der Waals surface area contributed by atoms with Crippen molar-refractivity contribution in [1.82, 2.24) is 4.98 Å². The quantitative estimate of drug-likeness (QED) is 0.691. The first-order valence-corrected chi connectivity index (χ1v) is 5.62. The smallest absolute Gasteiger partial charge is 0.211 e. The molecule has 1 aromatic rings. The number of carbonyl (C=O) groups excluding carboxylic acids is 1. The van der Waals surface area contributed by atoms with Gasteiger partial charge in [0, 0.05) is 11.0 Å². The number of hydrogen-bond donors (Lipinski definition) is 0. The van der Waals surface area contributed by atoms with Crippen molar-refractivity contribution in [2.45, 2.75) is 6.42 Å². The highest BCUT2D eigenvalue weighted by Crippen LogP contribution is 2.44. The van der Waals surface area contributed by atoms with Crippen molar-refractivity contribution in [2.24, 2.45) is 11.8 Å². The second-order valence-corrected chi connectivity index (χ2v) is 4.47. The number of fused-ring (bicyclic) bond motifs is 1. The van der Waals surface area contributed by atoms with Crippen LogP contribution >= 0.6 is 11.3 Å². The van der Waals surface area contributed by atoms with E-state index in [0.29, 0.717) is 17.5 Å². The maximum atomic E-state index is 11.8. The summed E-state index contributed by atoms with van der Waals surface area (Å²) in [5.74, 6) is 1.40. The third-order valence-electron chi connectivity index (χ3n) is 2.73. The minimum atomic E-state index is 0.0628. The van der Waals surface area contributed by atoms with Gasteiger partial charge in [0.05, 0.1) is 5.51 Å². The number of ketones is 1. The zero-order chi connectivity index (χ0) is 9.54. The standard InChI is InChI=1S/C11H9NOS/c13-11(10-5-14-6-12-10)8-2-1-7-3-9(7)4-8/h1-2,4-7,9H,3H2. The van der Waals surface area contributed by atoms with Crippen LogP contribution in [0.25, 0.3) is 0 Å². The fourth-order valence-electron chi connectivity index (χ4n) is 1.79. The Hall–Kier alpha value is -1.22. The van der Waals surface area contributed by atoms with Crippen molar-refractivity contribution >= 4 is 17.1 Å². The molecule has 2 aliphatic carbocycles. The number of rotatable bonds is 2. The van der Waals surface area contributed by atoms with Crippen LogP contribution in [0, 0.1) is 11.8 Å². The van der Waals surface area contributed by atoms with Gasteiger partial charge in [0.25, 0.3) is 0 Å². The molecule has 0 amide bonds. The summed E-state index contributed by atoms with van der Waals surface area (Å²) in [6.07, 6.45) is 7.39. The number of aromatic nitrogens is 1. The van der Waals surface area contributed by atoms with E-state index in [1.54, 1.807) is 10.9 Å². The number of carbonyl (C=O) groups is 1. The highest BCUT2D eigenvalue weighted by molar-refractivity contribution is 7.07. The Morgan fingerprint density at radius 2 is 2.43 bits per heavy atom. The Kier molecular flexibility index (Phi) is 1.67. The highest BCUT2D eigenvalue weighted by atomic mass is 32.1. The van der Waals surface area contributed by atoms with Gasteiger partial charge in [-0.25, -0.2) is 4.98 Å². The lowest BCUT2D eigenvalue weighted by molar-refractivity contribution is 0.103. The van der Waals surface area contributed by atoms with Gasteiger partial charge >= 0.3 is 0 Å². The molecular formula is C11H9NOS. The van der Waals surface area contributed by atoms with Gasteiger partial charge in [-0.2, -0.15) is 0 Å². The van der Waals surface area contributed by atoms with Gasteiger partial charge in [-0.1, -0.05) is 18.2 Å². The van der Waals surface area contributed by atoms with E-state index in [9.17, 15) is 4.79 Å². The number of thiazole rings is 1. The van der Waals surface area contributed by atoms with E-state index in [1.165, 1.54) is 17.8 Å². The van der Waals surface area contributed by atoms with Crippen molar-refractivity contribution in [2.75, 3.05) is 0 Å². The van der Waals surface area contributed by atoms with Crippen LogP contribution in [-0.2, 0) is 0 Å². The maximum Gasteiger partial charge on any atom is 0.211 e. The Bertz CT molecular complexity index is 430. The van der Waals surface area contributed by atoms with Crippen molar-refractivity contribution in [3.05, 3.63) is 40.4 Å². The molecule has 3 rings (SSSR count). The zero-order valence-corrected chi connectivity index (χ0v) is 8.33. The molecule has 70 valence electrons. The maximum absolute atomic E-state index is 11.8. The van der Waals surface area contributed by atoms with Gasteiger partial charge in [-0.3, -0.25) is 4.79 Å². The van der Waals surface area contributed by atoms with Gasteiger partial charge in [-0.15, -0.1) is 11.3 Å². The molecule has 1 heterocycles. The molecular weight excluding hydrogens is 194 g/mol. The predicted octanol–water partition coefficient (Wildman–Crippen LogP) is 2.46. The van der Waals surface area contributed by atoms with Gasteiger partial charge in [0.1, 0.15) is 5.69 Å². The van der Waals surface area contributed by atoms with Crippen LogP contribution < -0.4 is 0 Å². The number of allylic oxidation sites excluding steroid dienone is 4. The van der Waals surface area contributed by atoms with Crippen LogP contribution in [0.2, 0.25) is 0 Å². The van der Waals surface area contributed by atoms with E-state index < -0.39 is 0 Å². The minimum absolute atomic E-state index is 0.0628. The van der Waals surface area contributed by atoms with Crippen molar-refractivity contribution < 1.29 is 4.79 Å². The summed E-state index contributed by atoms with van der Waals surface area (Å²) in [4.78, 5) is 15.9. The second kappa shape index (κ2) is 2.89. The van der Waals surface area contributed by atoms with Crippen LogP contribution in [0.1, 0.15) is 16.9 Å². The molecule has 14 heavy (non-hydrogen) atoms. The summed E-state index contributed by atoms with van der Waals surface area (Å²) < 4.78 is 0. The van der Waals surface area contributed by atoms with Crippen molar-refractivity contribution in [3.63, 3.8) is 0 Å². The van der Waals surface area contributed by atoms with E-state index in [4.69, 9.17) is 0 Å². The fraction of sp³-hybridized carbons (Fsp3) is 0.273. The van der Waals surface area contributed by atoms with Crippen LogP contribution in [0.3, 0.4) is 0 Å². The zero-order valence-electron chi connectivity index (χ0n) is 7.51. The SMILES string of the molecule is O=C(C1=CC2CC2C=C1)c1cscn1. The molecule has 0 spiro atoms. The Morgan fingerprint density at radius 3 is 3.14 bits per heavy atom. The lowest BCUT2D eigenvalue weighted by Gasteiger charge is -2.02. The molecule has 2 nitrogen and oxygen atoms in total. The minimum Gasteiger partial charge on any atom is -0.287 e. The van der Waals surface area contributed by atoms with E-state index in [1.807, 2.05) is 6.08 Å². The molecule has 1 aromatic heterocycles. The molecule has 0 N–H and O–H groups in total. The third-order valence-corrected chi connectivity index (χ3v) is 3.32. The van der Waals surface area contributed by atoms with Gasteiger partial charge in [0.2, 0.25) is 5.78 Å². The van der Waals surface area contributed by atoms with Gasteiger partial charge in [0.15, 0.2) is 0 Å². The topological polar surface area (TPSA) is 30.0 Å². The van der Waals surface area contributed by atoms with E-state index >= 15 is 0 Å². The average molecular weight is 203 g/mol. The summed E-state index contributed by atoms with van der Waals surface area (Å²) in [7, 11) is 0. The Morgan fingerprint density at radius 1 is 1.50 bits per heavy atom. The fourth-order valence-corrected chi connectivity index (χ4v) is 2.32. The monoisotopic (exact) mass is 203 g/mol. The van der Waals surface area contributed by atoms with Crippen LogP contribution in [-0.4, -0.2) is 10.8 Å². The molecule has 1 saturated carbocycles. The van der Waals surface area contributed by atoms with Crippen molar-refractivity contribution in [3.8, 4) is 0 Å². The average Bonchev–Trinajstić information content (AvgIpc) is 2.78. The van der Waals surface area contributed by atoms with E-state index in [0.717, 1.165) is 5.57 Å². The molecule has 2 aliphatic rings. The largest absolute Gasteiger partial charge is 0.287 e. The number of nitrogens with zero attached hydrogens (tertiary/aromatic N) is 1. The summed E-state index contributed by atoms with van der Waals surface area (Å²) in [6.45, 7) is 0. The van der Waals surface area contributed by atoms with Crippen LogP contribution in [0.15, 0.2) is 34.7 Å². The predicted molar refractivity (Wildman–Crippen MR) is 55.3 cm³/mol. The molecule has 0 saturated heterocycles. The first-order chi connectivity index (χ1) is 6.84. The third kappa shape index (κ3) is 1.24. The second-order valence-electron chi connectivity index (χ2n) is 3.75. The molecule has 0 bridgehead atoms. The van der Waals surface area contributed by atoms with Gasteiger partial charge < -0.3 is 0 Å². The molecule has 0 aliphatic heterocycles. The van der Waals surface area contributed by atoms with Crippen molar-refractivity contribution in [1.29, 1.82) is 0 Å². The Balaban J connectivity index is 1.90. The van der Waals surface area contributed by atoms with E-state index in [2.05, 4.69) is 17.1 Å². The first-order valence-electron chi connectivity index (χ1n) is 4.67. The van der Waals surface area contributed by atoms with Crippen LogP contribution in [0.5, 0.6) is 0 Å². The normalized spacial score (nSPS) is 28.1. The molecule has 2 unspecified atom stereocenters. The Labute approximate surface area is 86.0 Å². The molecule has 0 radical (unpaired) electrons. The summed E-state index contributed by atoms with van der Waals surface area (Å²) in [5, 5.41) is 1.80. The van der Waals surface area contributed by atoms with E-state index in [-0.39, 0.29) is 5.78 Å². The molecule has 3 heteroatoms. The summed E-state index contributed by atoms with van der Waals surface area (Å²) >= 11 is 1.46. The molecule has 1 fully saturated rings. The summed E-state index contributed by atoms with van der Waals surface area (Å²) in [6, 6.07) is 0. The molecule has 2 atom stereocenters. The first kappa shape index (κ1) is 8.12. The van der Waals surface area contributed by atoms with Gasteiger partial charge in [-0.05, 0) is 18.3 Å². The lowest BCUT2D eigenvalue weighted by Crippen LogP contribution is -2.04. The number of Topliss-reactive ketones (excluding diaryl/α,β-unsaturated/α-hetero) is 1. The number of hydrogen-bond acceptors (Lipinski definition) is 3.